The van der Waals surface area contributed by atoms with Crippen LogP contribution in [0.5, 0.6) is 0 Å². The van der Waals surface area contributed by atoms with E-state index in [1.165, 1.54) is 34.4 Å². The van der Waals surface area contributed by atoms with Crippen molar-refractivity contribution in [3.05, 3.63) is 58.7 Å². The second kappa shape index (κ2) is 5.87. The first kappa shape index (κ1) is 15.5. The van der Waals surface area contributed by atoms with Gasteiger partial charge in [0.25, 0.3) is 0 Å². The van der Waals surface area contributed by atoms with Crippen LogP contribution in [0, 0.1) is 20.8 Å². The van der Waals surface area contributed by atoms with E-state index in [1.54, 1.807) is 12.1 Å². The van der Waals surface area contributed by atoms with Crippen LogP contribution >= 0.6 is 0 Å². The number of anilines is 1. The van der Waals surface area contributed by atoms with Crippen molar-refractivity contribution in [3.8, 4) is 0 Å². The van der Waals surface area contributed by atoms with E-state index in [0.717, 1.165) is 5.69 Å². The van der Waals surface area contributed by atoms with E-state index >= 15 is 0 Å². The molecule has 0 aliphatic rings. The van der Waals surface area contributed by atoms with Crippen LogP contribution in [0.25, 0.3) is 0 Å². The Balaban J connectivity index is 2.12. The van der Waals surface area contributed by atoms with Crippen molar-refractivity contribution in [2.75, 3.05) is 5.32 Å². The van der Waals surface area contributed by atoms with Gasteiger partial charge in [-0.15, -0.1) is 0 Å². The van der Waals surface area contributed by atoms with Gasteiger partial charge < -0.3 is 5.32 Å². The summed E-state index contributed by atoms with van der Waals surface area (Å²) in [4.78, 5) is 0.121. The number of sulfonamides is 1. The van der Waals surface area contributed by atoms with Crippen molar-refractivity contribution < 1.29 is 8.42 Å². The van der Waals surface area contributed by atoms with Crippen LogP contribution < -0.4 is 10.5 Å². The Labute approximate surface area is 126 Å². The topological polar surface area (TPSA) is 72.2 Å². The Bertz CT molecular complexity index is 751. The van der Waals surface area contributed by atoms with E-state index in [1.807, 2.05) is 0 Å². The fraction of sp³-hybridized carbons (Fsp3) is 0.250. The molecule has 0 saturated heterocycles. The van der Waals surface area contributed by atoms with Gasteiger partial charge in [-0.25, -0.2) is 13.6 Å². The van der Waals surface area contributed by atoms with Crippen molar-refractivity contribution >= 4 is 15.7 Å². The smallest absolute Gasteiger partial charge is 0.238 e. The number of primary sulfonamides is 1. The molecular weight excluding hydrogens is 284 g/mol. The predicted octanol–water partition coefficient (Wildman–Crippen LogP) is 2.87. The molecule has 2 aromatic rings. The Morgan fingerprint density at radius 2 is 1.52 bits per heavy atom. The lowest BCUT2D eigenvalue weighted by Gasteiger charge is -2.12. The molecule has 0 unspecified atom stereocenters. The summed E-state index contributed by atoms with van der Waals surface area (Å²) in [5, 5.41) is 8.37. The highest BCUT2D eigenvalue weighted by Crippen LogP contribution is 2.18. The number of rotatable bonds is 4. The molecule has 3 N–H and O–H groups in total. The van der Waals surface area contributed by atoms with Crippen LogP contribution in [0.3, 0.4) is 0 Å². The molecule has 0 atom stereocenters. The summed E-state index contributed by atoms with van der Waals surface area (Å²) >= 11 is 0. The number of aryl methyl sites for hydroxylation is 3. The molecule has 0 aliphatic carbocycles. The number of hydrogen-bond donors (Lipinski definition) is 2. The fourth-order valence-corrected chi connectivity index (χ4v) is 2.69. The van der Waals surface area contributed by atoms with E-state index in [9.17, 15) is 8.42 Å². The molecule has 0 aromatic heterocycles. The van der Waals surface area contributed by atoms with E-state index < -0.39 is 10.0 Å². The summed E-state index contributed by atoms with van der Waals surface area (Å²) in [6, 6.07) is 10.8. The second-order valence-electron chi connectivity index (χ2n) is 5.29. The van der Waals surface area contributed by atoms with Crippen LogP contribution in [-0.4, -0.2) is 8.42 Å². The average molecular weight is 304 g/mol. The van der Waals surface area contributed by atoms with Crippen LogP contribution in [0.4, 0.5) is 5.69 Å². The maximum Gasteiger partial charge on any atom is 0.238 e. The van der Waals surface area contributed by atoms with Crippen molar-refractivity contribution in [2.24, 2.45) is 5.14 Å². The molecule has 5 heteroatoms. The monoisotopic (exact) mass is 304 g/mol. The highest BCUT2D eigenvalue weighted by Gasteiger charge is 2.07. The third-order valence-electron chi connectivity index (χ3n) is 3.62. The van der Waals surface area contributed by atoms with Crippen molar-refractivity contribution in [3.63, 3.8) is 0 Å². The normalized spacial score (nSPS) is 11.4. The maximum absolute atomic E-state index is 11.2. The molecule has 2 aromatic carbocycles. The van der Waals surface area contributed by atoms with E-state index in [0.29, 0.717) is 6.54 Å². The molecule has 0 radical (unpaired) electrons. The first-order chi connectivity index (χ1) is 9.77. The molecule has 0 aliphatic heterocycles. The minimum Gasteiger partial charge on any atom is -0.381 e. The second-order valence-corrected chi connectivity index (χ2v) is 6.85. The Hall–Kier alpha value is -1.85. The summed E-state index contributed by atoms with van der Waals surface area (Å²) < 4.78 is 22.4. The highest BCUT2D eigenvalue weighted by molar-refractivity contribution is 7.89. The average Bonchev–Trinajstić information content (AvgIpc) is 2.41. The molecule has 0 bridgehead atoms. The van der Waals surface area contributed by atoms with Gasteiger partial charge in [0.1, 0.15) is 0 Å². The van der Waals surface area contributed by atoms with Gasteiger partial charge in [-0.1, -0.05) is 12.1 Å². The van der Waals surface area contributed by atoms with Gasteiger partial charge in [0.2, 0.25) is 10.0 Å². The summed E-state index contributed by atoms with van der Waals surface area (Å²) in [5.74, 6) is 0. The van der Waals surface area contributed by atoms with E-state index in [-0.39, 0.29) is 4.90 Å². The van der Waals surface area contributed by atoms with Crippen molar-refractivity contribution in [2.45, 2.75) is 32.2 Å². The third-order valence-corrected chi connectivity index (χ3v) is 4.55. The van der Waals surface area contributed by atoms with Crippen LogP contribution in [0.2, 0.25) is 0 Å². The summed E-state index contributed by atoms with van der Waals surface area (Å²) in [5.41, 5.74) is 5.89. The lowest BCUT2D eigenvalue weighted by Crippen LogP contribution is -2.12. The predicted molar refractivity (Wildman–Crippen MR) is 85.8 cm³/mol. The zero-order valence-electron chi connectivity index (χ0n) is 12.5. The quantitative estimate of drug-likeness (QED) is 0.912. The lowest BCUT2D eigenvalue weighted by molar-refractivity contribution is 0.598. The largest absolute Gasteiger partial charge is 0.381 e. The molecule has 112 valence electrons. The van der Waals surface area contributed by atoms with Gasteiger partial charge in [-0.3, -0.25) is 0 Å². The Kier molecular flexibility index (Phi) is 4.34. The molecule has 0 spiro atoms. The molecule has 0 amide bonds. The zero-order chi connectivity index (χ0) is 15.6. The molecule has 0 saturated carbocycles. The third kappa shape index (κ3) is 3.83. The number of nitrogens with two attached hydrogens (primary N) is 1. The first-order valence-electron chi connectivity index (χ1n) is 6.71. The first-order valence-corrected chi connectivity index (χ1v) is 8.25. The number of benzene rings is 2. The summed E-state index contributed by atoms with van der Waals surface area (Å²) in [7, 11) is -3.63. The Morgan fingerprint density at radius 1 is 0.952 bits per heavy atom. The molecular formula is C16H20N2O2S. The molecule has 2 rings (SSSR count). The highest BCUT2D eigenvalue weighted by atomic mass is 32.2. The number of hydrogen-bond acceptors (Lipinski definition) is 3. The standard InChI is InChI=1S/C16H20N2O2S/c1-11-8-13(3)14(9-12(11)2)10-18-15-4-6-16(7-5-15)21(17,19)20/h4-9,18H,10H2,1-3H3,(H2,17,19,20). The maximum atomic E-state index is 11.2. The van der Waals surface area contributed by atoms with Crippen LogP contribution in [0.15, 0.2) is 41.3 Å². The Morgan fingerprint density at radius 3 is 2.10 bits per heavy atom. The molecule has 21 heavy (non-hydrogen) atoms. The summed E-state index contributed by atoms with van der Waals surface area (Å²) in [6.45, 7) is 6.99. The van der Waals surface area contributed by atoms with Crippen LogP contribution in [0.1, 0.15) is 22.3 Å². The van der Waals surface area contributed by atoms with Crippen LogP contribution in [-0.2, 0) is 16.6 Å². The molecule has 0 fully saturated rings. The van der Waals surface area contributed by atoms with Gasteiger partial charge in [-0.05, 0) is 67.3 Å². The fourth-order valence-electron chi connectivity index (χ4n) is 2.17. The lowest BCUT2D eigenvalue weighted by atomic mass is 10.0. The SMILES string of the molecule is Cc1cc(C)c(CNc2ccc(S(N)(=O)=O)cc2)cc1C. The zero-order valence-corrected chi connectivity index (χ0v) is 13.3. The van der Waals surface area contributed by atoms with Gasteiger partial charge in [0.05, 0.1) is 4.90 Å². The van der Waals surface area contributed by atoms with Gasteiger partial charge in [-0.2, -0.15) is 0 Å². The minimum atomic E-state index is -3.63. The van der Waals surface area contributed by atoms with Crippen molar-refractivity contribution in [1.29, 1.82) is 0 Å². The van der Waals surface area contributed by atoms with Gasteiger partial charge in [0.15, 0.2) is 0 Å². The molecule has 0 heterocycles. The van der Waals surface area contributed by atoms with Gasteiger partial charge in [0, 0.05) is 12.2 Å². The minimum absolute atomic E-state index is 0.121. The van der Waals surface area contributed by atoms with Crippen molar-refractivity contribution in [1.82, 2.24) is 0 Å². The van der Waals surface area contributed by atoms with E-state index in [2.05, 4.69) is 38.2 Å². The molecule has 4 nitrogen and oxygen atoms in total. The van der Waals surface area contributed by atoms with Gasteiger partial charge >= 0.3 is 0 Å². The summed E-state index contributed by atoms with van der Waals surface area (Å²) in [6.07, 6.45) is 0. The number of nitrogens with one attached hydrogen (secondary N) is 1. The van der Waals surface area contributed by atoms with E-state index in [4.69, 9.17) is 5.14 Å².